The highest BCUT2D eigenvalue weighted by atomic mass is 19.4. The Kier molecular flexibility index (Phi) is 3.81. The summed E-state index contributed by atoms with van der Waals surface area (Å²) in [5.74, 6) is -1.90. The fourth-order valence-electron chi connectivity index (χ4n) is 0.359. The van der Waals surface area contributed by atoms with Crippen molar-refractivity contribution in [3.8, 4) is 0 Å². The van der Waals surface area contributed by atoms with E-state index in [1.807, 2.05) is 0 Å². The molecule has 0 aliphatic rings. The normalized spacial score (nSPS) is 12.4. The minimum absolute atomic E-state index is 0.0574. The van der Waals surface area contributed by atoms with E-state index in [-0.39, 0.29) is 13.0 Å². The fraction of sp³-hybridized carbons (Fsp3) is 0.500. The first-order chi connectivity index (χ1) is 4.98. The maximum absolute atomic E-state index is 11.4. The van der Waals surface area contributed by atoms with Gasteiger partial charge in [-0.3, -0.25) is 4.79 Å². The molecule has 0 amide bonds. The molecule has 0 aromatic rings. The summed E-state index contributed by atoms with van der Waals surface area (Å²) in [5.41, 5.74) is 0. The standard InChI is InChI=1S/C6H7F3O2/c7-6(8,9)5(11)3-1-2-4-10/h1,3,10H,2,4H2/b3-1+. The third kappa shape index (κ3) is 4.55. The highest BCUT2D eigenvalue weighted by molar-refractivity contribution is 5.94. The van der Waals surface area contributed by atoms with Crippen molar-refractivity contribution in [3.63, 3.8) is 0 Å². The van der Waals surface area contributed by atoms with Gasteiger partial charge >= 0.3 is 6.18 Å². The van der Waals surface area contributed by atoms with Crippen LogP contribution in [0.2, 0.25) is 0 Å². The van der Waals surface area contributed by atoms with E-state index in [9.17, 15) is 18.0 Å². The maximum Gasteiger partial charge on any atom is 0.454 e. The molecule has 0 spiro atoms. The van der Waals surface area contributed by atoms with E-state index in [1.54, 1.807) is 0 Å². The van der Waals surface area contributed by atoms with Crippen LogP contribution in [0.1, 0.15) is 6.42 Å². The van der Waals surface area contributed by atoms with Crippen molar-refractivity contribution >= 4 is 5.78 Å². The van der Waals surface area contributed by atoms with Crippen LogP contribution in [-0.4, -0.2) is 23.7 Å². The molecule has 0 saturated heterocycles. The van der Waals surface area contributed by atoms with E-state index in [0.29, 0.717) is 6.08 Å². The zero-order valence-corrected chi connectivity index (χ0v) is 5.56. The Morgan fingerprint density at radius 1 is 1.45 bits per heavy atom. The molecule has 0 aromatic carbocycles. The minimum atomic E-state index is -4.80. The SMILES string of the molecule is O=C(/C=C/CCO)C(F)(F)F. The molecular formula is C6H7F3O2. The zero-order valence-electron chi connectivity index (χ0n) is 5.56. The second-order valence-corrected chi connectivity index (χ2v) is 1.78. The summed E-state index contributed by atoms with van der Waals surface area (Å²) in [6, 6.07) is 0. The van der Waals surface area contributed by atoms with Crippen LogP contribution in [0, 0.1) is 0 Å². The molecular weight excluding hydrogens is 161 g/mol. The van der Waals surface area contributed by atoms with Gasteiger partial charge in [0.25, 0.3) is 5.78 Å². The van der Waals surface area contributed by atoms with Crippen molar-refractivity contribution in [2.24, 2.45) is 0 Å². The molecule has 11 heavy (non-hydrogen) atoms. The number of hydrogen-bond donors (Lipinski definition) is 1. The highest BCUT2D eigenvalue weighted by Gasteiger charge is 2.35. The molecule has 0 rings (SSSR count). The van der Waals surface area contributed by atoms with Crippen LogP contribution in [-0.2, 0) is 4.79 Å². The number of allylic oxidation sites excluding steroid dienone is 1. The van der Waals surface area contributed by atoms with Gasteiger partial charge in [-0.15, -0.1) is 0 Å². The summed E-state index contributed by atoms with van der Waals surface area (Å²) >= 11 is 0. The number of carbonyl (C=O) groups is 1. The predicted octanol–water partition coefficient (Wildman–Crippen LogP) is 1.06. The van der Waals surface area contributed by atoms with Gasteiger partial charge in [-0.05, 0) is 12.5 Å². The molecule has 1 N–H and O–H groups in total. The second-order valence-electron chi connectivity index (χ2n) is 1.78. The molecule has 64 valence electrons. The van der Waals surface area contributed by atoms with Gasteiger partial charge in [-0.1, -0.05) is 6.08 Å². The summed E-state index contributed by atoms with van der Waals surface area (Å²) < 4.78 is 34.2. The van der Waals surface area contributed by atoms with Gasteiger partial charge in [-0.25, -0.2) is 0 Å². The van der Waals surface area contributed by atoms with Gasteiger partial charge in [0.05, 0.1) is 0 Å². The van der Waals surface area contributed by atoms with Gasteiger partial charge in [0, 0.05) is 6.61 Å². The molecule has 0 unspecified atom stereocenters. The number of halogens is 3. The van der Waals surface area contributed by atoms with Crippen LogP contribution in [0.15, 0.2) is 12.2 Å². The lowest BCUT2D eigenvalue weighted by Crippen LogP contribution is -2.19. The number of carbonyl (C=O) groups excluding carboxylic acids is 1. The highest BCUT2D eigenvalue weighted by Crippen LogP contribution is 2.16. The summed E-state index contributed by atoms with van der Waals surface area (Å²) in [6.45, 7) is -0.262. The van der Waals surface area contributed by atoms with E-state index >= 15 is 0 Å². The number of rotatable bonds is 3. The Balaban J connectivity index is 3.88. The number of ketones is 1. The lowest BCUT2D eigenvalue weighted by Gasteiger charge is -1.98. The lowest BCUT2D eigenvalue weighted by atomic mass is 10.3. The third-order valence-corrected chi connectivity index (χ3v) is 0.844. The predicted molar refractivity (Wildman–Crippen MR) is 31.9 cm³/mol. The largest absolute Gasteiger partial charge is 0.454 e. The van der Waals surface area contributed by atoms with Crippen molar-refractivity contribution < 1.29 is 23.1 Å². The molecule has 0 fully saturated rings. The van der Waals surface area contributed by atoms with Crippen LogP contribution in [0.25, 0.3) is 0 Å². The number of aliphatic hydroxyl groups is 1. The smallest absolute Gasteiger partial charge is 0.396 e. The molecule has 0 aliphatic carbocycles. The Bertz CT molecular complexity index is 160. The monoisotopic (exact) mass is 168 g/mol. The van der Waals surface area contributed by atoms with E-state index < -0.39 is 12.0 Å². The first-order valence-electron chi connectivity index (χ1n) is 2.87. The van der Waals surface area contributed by atoms with Crippen molar-refractivity contribution in [3.05, 3.63) is 12.2 Å². The number of alkyl halides is 3. The Morgan fingerprint density at radius 2 is 2.00 bits per heavy atom. The number of hydrogen-bond acceptors (Lipinski definition) is 2. The summed E-state index contributed by atoms with van der Waals surface area (Å²) in [5, 5.41) is 8.14. The van der Waals surface area contributed by atoms with Gasteiger partial charge in [0.1, 0.15) is 0 Å². The van der Waals surface area contributed by atoms with E-state index in [1.165, 1.54) is 0 Å². The minimum Gasteiger partial charge on any atom is -0.396 e. The Labute approximate surface area is 61.3 Å². The summed E-state index contributed by atoms with van der Waals surface area (Å²) in [6.07, 6.45) is -3.35. The first-order valence-corrected chi connectivity index (χ1v) is 2.87. The van der Waals surface area contributed by atoms with Crippen LogP contribution in [0.4, 0.5) is 13.2 Å². The maximum atomic E-state index is 11.4. The molecule has 0 heterocycles. The van der Waals surface area contributed by atoms with Crippen LogP contribution < -0.4 is 0 Å². The average Bonchev–Trinajstić information content (AvgIpc) is 1.86. The average molecular weight is 168 g/mol. The lowest BCUT2D eigenvalue weighted by molar-refractivity contribution is -0.165. The fourth-order valence-corrected chi connectivity index (χ4v) is 0.359. The van der Waals surface area contributed by atoms with Crippen molar-refractivity contribution in [2.45, 2.75) is 12.6 Å². The van der Waals surface area contributed by atoms with Gasteiger partial charge in [-0.2, -0.15) is 13.2 Å². The molecule has 0 radical (unpaired) electrons. The van der Waals surface area contributed by atoms with Crippen molar-refractivity contribution in [1.29, 1.82) is 0 Å². The summed E-state index contributed by atoms with van der Waals surface area (Å²) in [4.78, 5) is 10.0. The van der Waals surface area contributed by atoms with Crippen LogP contribution in [0.5, 0.6) is 0 Å². The quantitative estimate of drug-likeness (QED) is 0.639. The van der Waals surface area contributed by atoms with Crippen molar-refractivity contribution in [1.82, 2.24) is 0 Å². The molecule has 0 aromatic heterocycles. The molecule has 0 bridgehead atoms. The summed E-state index contributed by atoms with van der Waals surface area (Å²) in [7, 11) is 0. The van der Waals surface area contributed by atoms with Gasteiger partial charge < -0.3 is 5.11 Å². The number of aliphatic hydroxyl groups excluding tert-OH is 1. The van der Waals surface area contributed by atoms with Crippen molar-refractivity contribution in [2.75, 3.05) is 6.61 Å². The zero-order chi connectivity index (χ0) is 8.91. The molecule has 0 atom stereocenters. The second kappa shape index (κ2) is 4.12. The van der Waals surface area contributed by atoms with E-state index in [0.717, 1.165) is 6.08 Å². The molecule has 0 saturated carbocycles. The van der Waals surface area contributed by atoms with Crippen LogP contribution in [0.3, 0.4) is 0 Å². The molecule has 0 aliphatic heterocycles. The Morgan fingerprint density at radius 3 is 2.36 bits per heavy atom. The van der Waals surface area contributed by atoms with E-state index in [4.69, 9.17) is 5.11 Å². The first kappa shape index (κ1) is 10.2. The molecule has 5 heteroatoms. The van der Waals surface area contributed by atoms with Gasteiger partial charge in [0.2, 0.25) is 0 Å². The van der Waals surface area contributed by atoms with E-state index in [2.05, 4.69) is 0 Å². The Hall–Kier alpha value is -0.840. The topological polar surface area (TPSA) is 37.3 Å². The van der Waals surface area contributed by atoms with Crippen LogP contribution >= 0.6 is 0 Å². The third-order valence-electron chi connectivity index (χ3n) is 0.844. The molecule has 2 nitrogen and oxygen atoms in total. The van der Waals surface area contributed by atoms with Gasteiger partial charge in [0.15, 0.2) is 0 Å².